The van der Waals surface area contributed by atoms with Crippen molar-refractivity contribution in [3.05, 3.63) is 0 Å². The number of nitrogens with two attached hydrogens (primary N) is 3. The van der Waals surface area contributed by atoms with Gasteiger partial charge < -0.3 is 22.1 Å². The van der Waals surface area contributed by atoms with Gasteiger partial charge in [0.1, 0.15) is 0 Å². The summed E-state index contributed by atoms with van der Waals surface area (Å²) in [6.45, 7) is -0.666. The maximum atomic E-state index is 11.9. The average molecular weight is 242 g/mol. The maximum Gasteiger partial charge on any atom is 0.240 e. The SMILES string of the molecule is NC(=O)CN(CC(N)=O)C(=O)C(N)CC1CC1. The normalized spacial score (nSPS) is 16.3. The van der Waals surface area contributed by atoms with Crippen molar-refractivity contribution in [2.45, 2.75) is 25.3 Å². The lowest BCUT2D eigenvalue weighted by atomic mass is 10.1. The van der Waals surface area contributed by atoms with Gasteiger partial charge in [-0.3, -0.25) is 14.4 Å². The molecule has 1 atom stereocenters. The first kappa shape index (κ1) is 13.4. The van der Waals surface area contributed by atoms with Crippen molar-refractivity contribution in [1.82, 2.24) is 4.90 Å². The molecule has 7 nitrogen and oxygen atoms in total. The molecule has 0 saturated heterocycles. The van der Waals surface area contributed by atoms with E-state index in [1.54, 1.807) is 0 Å². The minimum Gasteiger partial charge on any atom is -0.368 e. The lowest BCUT2D eigenvalue weighted by Gasteiger charge is -2.23. The molecule has 6 N–H and O–H groups in total. The van der Waals surface area contributed by atoms with Crippen LogP contribution in [0.3, 0.4) is 0 Å². The lowest BCUT2D eigenvalue weighted by Crippen LogP contribution is -2.50. The Bertz CT molecular complexity index is 312. The smallest absolute Gasteiger partial charge is 0.240 e. The van der Waals surface area contributed by atoms with Gasteiger partial charge in [-0.1, -0.05) is 12.8 Å². The summed E-state index contributed by atoms with van der Waals surface area (Å²) in [5, 5.41) is 0. The highest BCUT2D eigenvalue weighted by Gasteiger charge is 2.30. The number of carbonyl (C=O) groups is 3. The fourth-order valence-electron chi connectivity index (χ4n) is 1.64. The second kappa shape index (κ2) is 5.62. The summed E-state index contributed by atoms with van der Waals surface area (Å²) in [5.41, 5.74) is 15.7. The predicted molar refractivity (Wildman–Crippen MR) is 60.3 cm³/mol. The van der Waals surface area contributed by atoms with E-state index >= 15 is 0 Å². The third kappa shape index (κ3) is 4.81. The molecule has 0 bridgehead atoms. The summed E-state index contributed by atoms with van der Waals surface area (Å²) < 4.78 is 0. The van der Waals surface area contributed by atoms with E-state index in [9.17, 15) is 14.4 Å². The number of nitrogens with zero attached hydrogens (tertiary/aromatic N) is 1. The zero-order chi connectivity index (χ0) is 13.0. The fourth-order valence-corrected chi connectivity index (χ4v) is 1.64. The van der Waals surface area contributed by atoms with E-state index in [1.165, 1.54) is 0 Å². The van der Waals surface area contributed by atoms with Gasteiger partial charge in [-0.25, -0.2) is 0 Å². The van der Waals surface area contributed by atoms with Crippen molar-refractivity contribution in [1.29, 1.82) is 0 Å². The highest BCUT2D eigenvalue weighted by Crippen LogP contribution is 2.33. The van der Waals surface area contributed by atoms with Crippen molar-refractivity contribution in [2.75, 3.05) is 13.1 Å². The number of rotatable bonds is 7. The molecule has 7 heteroatoms. The minimum atomic E-state index is -0.696. The number of primary amides is 2. The third-order valence-corrected chi connectivity index (χ3v) is 2.61. The van der Waals surface area contributed by atoms with Gasteiger partial charge in [-0.05, 0) is 12.3 Å². The monoisotopic (exact) mass is 242 g/mol. The van der Waals surface area contributed by atoms with Gasteiger partial charge >= 0.3 is 0 Å². The molecule has 1 unspecified atom stereocenters. The van der Waals surface area contributed by atoms with E-state index in [4.69, 9.17) is 17.2 Å². The molecule has 17 heavy (non-hydrogen) atoms. The predicted octanol–water partition coefficient (Wildman–Crippen LogP) is -2.09. The third-order valence-electron chi connectivity index (χ3n) is 2.61. The first-order valence-corrected chi connectivity index (χ1v) is 5.51. The molecule has 3 amide bonds. The molecule has 0 heterocycles. The Hall–Kier alpha value is -1.63. The van der Waals surface area contributed by atoms with E-state index in [1.807, 2.05) is 0 Å². The molecule has 0 aromatic carbocycles. The van der Waals surface area contributed by atoms with Gasteiger partial charge in [-0.15, -0.1) is 0 Å². The summed E-state index contributed by atoms with van der Waals surface area (Å²) in [4.78, 5) is 34.5. The van der Waals surface area contributed by atoms with Gasteiger partial charge in [0.15, 0.2) is 0 Å². The molecule has 1 aliphatic rings. The van der Waals surface area contributed by atoms with Crippen LogP contribution in [-0.2, 0) is 14.4 Å². The summed E-state index contributed by atoms with van der Waals surface area (Å²) in [7, 11) is 0. The summed E-state index contributed by atoms with van der Waals surface area (Å²) >= 11 is 0. The van der Waals surface area contributed by atoms with Crippen molar-refractivity contribution in [3.63, 3.8) is 0 Å². The molecule has 1 fully saturated rings. The Morgan fingerprint density at radius 3 is 1.94 bits per heavy atom. The first-order chi connectivity index (χ1) is 7.90. The van der Waals surface area contributed by atoms with Crippen LogP contribution in [0.2, 0.25) is 0 Å². The second-order valence-electron chi connectivity index (χ2n) is 4.41. The number of hydrogen-bond donors (Lipinski definition) is 3. The molecule has 96 valence electrons. The van der Waals surface area contributed by atoms with Crippen molar-refractivity contribution < 1.29 is 14.4 Å². The molecular formula is C10H18N4O3. The van der Waals surface area contributed by atoms with Gasteiger partial charge in [0.25, 0.3) is 0 Å². The van der Waals surface area contributed by atoms with Crippen LogP contribution in [0.5, 0.6) is 0 Å². The first-order valence-electron chi connectivity index (χ1n) is 5.51. The average Bonchev–Trinajstić information content (AvgIpc) is 2.97. The molecule has 0 aliphatic heterocycles. The second-order valence-corrected chi connectivity index (χ2v) is 4.41. The summed E-state index contributed by atoms with van der Waals surface area (Å²) in [6.07, 6.45) is 2.73. The molecule has 1 aliphatic carbocycles. The number of carbonyl (C=O) groups excluding carboxylic acids is 3. The summed E-state index contributed by atoms with van der Waals surface area (Å²) in [5.74, 6) is -1.36. The highest BCUT2D eigenvalue weighted by molar-refractivity contribution is 5.90. The Balaban J connectivity index is 2.55. The molecule has 1 saturated carbocycles. The van der Waals surface area contributed by atoms with Crippen molar-refractivity contribution in [2.24, 2.45) is 23.1 Å². The van der Waals surface area contributed by atoms with E-state index in [-0.39, 0.29) is 13.1 Å². The highest BCUT2D eigenvalue weighted by atomic mass is 16.2. The van der Waals surface area contributed by atoms with E-state index in [0.717, 1.165) is 17.7 Å². The number of hydrogen-bond acceptors (Lipinski definition) is 4. The van der Waals surface area contributed by atoms with Crippen LogP contribution in [0.4, 0.5) is 0 Å². The molecular weight excluding hydrogens is 224 g/mol. The number of amides is 3. The molecule has 0 aromatic heterocycles. The maximum absolute atomic E-state index is 11.9. The molecule has 0 aromatic rings. The van der Waals surface area contributed by atoms with Crippen LogP contribution in [0.1, 0.15) is 19.3 Å². The van der Waals surface area contributed by atoms with Crippen LogP contribution in [0.25, 0.3) is 0 Å². The zero-order valence-electron chi connectivity index (χ0n) is 9.59. The van der Waals surface area contributed by atoms with E-state index in [2.05, 4.69) is 0 Å². The van der Waals surface area contributed by atoms with Gasteiger partial charge in [-0.2, -0.15) is 0 Å². The Morgan fingerprint density at radius 2 is 1.59 bits per heavy atom. The Labute approximate surface area is 99.3 Å². The van der Waals surface area contributed by atoms with Gasteiger partial charge in [0.05, 0.1) is 19.1 Å². The largest absolute Gasteiger partial charge is 0.368 e. The standard InChI is InChI=1S/C10H18N4O3/c11-7(3-6-1-2-6)10(17)14(4-8(12)15)5-9(13)16/h6-7H,1-5,11H2,(H2,12,15)(H2,13,16). The Kier molecular flexibility index (Phi) is 4.45. The summed E-state index contributed by atoms with van der Waals surface area (Å²) in [6, 6.07) is -0.693. The molecule has 1 rings (SSSR count). The van der Waals surface area contributed by atoms with Gasteiger partial charge in [0.2, 0.25) is 17.7 Å². The molecule has 0 spiro atoms. The van der Waals surface area contributed by atoms with Crippen LogP contribution in [-0.4, -0.2) is 41.8 Å². The lowest BCUT2D eigenvalue weighted by molar-refractivity contribution is -0.139. The Morgan fingerprint density at radius 1 is 1.12 bits per heavy atom. The van der Waals surface area contributed by atoms with Crippen LogP contribution < -0.4 is 17.2 Å². The van der Waals surface area contributed by atoms with Crippen molar-refractivity contribution >= 4 is 17.7 Å². The van der Waals surface area contributed by atoms with Crippen LogP contribution in [0, 0.1) is 5.92 Å². The van der Waals surface area contributed by atoms with Crippen molar-refractivity contribution in [3.8, 4) is 0 Å². The van der Waals surface area contributed by atoms with E-state index in [0.29, 0.717) is 12.3 Å². The molecule has 0 radical (unpaired) electrons. The van der Waals surface area contributed by atoms with Crippen LogP contribution >= 0.6 is 0 Å². The van der Waals surface area contributed by atoms with Gasteiger partial charge in [0, 0.05) is 0 Å². The fraction of sp³-hybridized carbons (Fsp3) is 0.700. The topological polar surface area (TPSA) is 133 Å². The zero-order valence-corrected chi connectivity index (χ0v) is 9.59. The van der Waals surface area contributed by atoms with Crippen LogP contribution in [0.15, 0.2) is 0 Å². The quantitative estimate of drug-likeness (QED) is 0.472. The van der Waals surface area contributed by atoms with E-state index < -0.39 is 23.8 Å². The minimum absolute atomic E-state index is 0.333.